The average Bonchev–Trinajstić information content (AvgIpc) is 3.28. The van der Waals surface area contributed by atoms with E-state index >= 15 is 0 Å². The Bertz CT molecular complexity index is 1310. The minimum atomic E-state index is -1.30. The Kier molecular flexibility index (Phi) is 9.47. The van der Waals surface area contributed by atoms with Crippen molar-refractivity contribution in [1.82, 2.24) is 0 Å². The number of benzene rings is 3. The summed E-state index contributed by atoms with van der Waals surface area (Å²) in [6, 6.07) is 18.8. The molecule has 40 heavy (non-hydrogen) atoms. The number of methoxy groups -OCH3 is 3. The van der Waals surface area contributed by atoms with Gasteiger partial charge in [0.25, 0.3) is 0 Å². The second-order valence-corrected chi connectivity index (χ2v) is 9.05. The highest BCUT2D eigenvalue weighted by Gasteiger charge is 2.49. The van der Waals surface area contributed by atoms with Crippen molar-refractivity contribution < 1.29 is 47.5 Å². The molecule has 1 saturated heterocycles. The van der Waals surface area contributed by atoms with Gasteiger partial charge in [0.05, 0.1) is 38.0 Å². The first-order chi connectivity index (χ1) is 19.3. The minimum Gasteiger partial charge on any atom is -0.497 e. The highest BCUT2D eigenvalue weighted by Crippen LogP contribution is 2.31. The van der Waals surface area contributed by atoms with Gasteiger partial charge >= 0.3 is 17.9 Å². The maximum atomic E-state index is 12.9. The van der Waals surface area contributed by atoms with Crippen molar-refractivity contribution in [3.8, 4) is 17.2 Å². The monoisotopic (exact) mass is 570 g/mol. The van der Waals surface area contributed by atoms with Gasteiger partial charge < -0.3 is 33.2 Å². The molecule has 0 saturated carbocycles. The van der Waals surface area contributed by atoms with E-state index in [0.717, 1.165) is 0 Å². The van der Waals surface area contributed by atoms with E-state index in [1.807, 2.05) is 0 Å². The van der Waals surface area contributed by atoms with Gasteiger partial charge in [-0.05, 0) is 72.8 Å². The topological polar surface area (TPSA) is 116 Å². The number of hydrogen-bond acceptors (Lipinski definition) is 10. The van der Waals surface area contributed by atoms with Crippen molar-refractivity contribution in [3.05, 3.63) is 89.5 Å². The van der Waals surface area contributed by atoms with E-state index < -0.39 is 41.8 Å². The Morgan fingerprint density at radius 1 is 0.650 bits per heavy atom. The Morgan fingerprint density at radius 2 is 1.05 bits per heavy atom. The lowest BCUT2D eigenvalue weighted by atomic mass is 10.1. The molecule has 1 aliphatic rings. The summed E-state index contributed by atoms with van der Waals surface area (Å²) in [6.07, 6.45) is -3.44. The second-order valence-electron chi connectivity index (χ2n) is 8.55. The van der Waals surface area contributed by atoms with Crippen molar-refractivity contribution in [2.24, 2.45) is 0 Å². The molecule has 3 aromatic carbocycles. The third-order valence-corrected chi connectivity index (χ3v) is 6.53. The molecule has 0 N–H and O–H groups in total. The number of rotatable bonds is 10. The van der Waals surface area contributed by atoms with Gasteiger partial charge in [-0.25, -0.2) is 14.4 Å². The standard InChI is InChI=1S/C29H27ClO10/c1-34-20-10-4-17(5-11-20)26(31)37-16-23-25(39-27(32)18-6-12-21(35-2)13-7-18)24(30)29(38-23)40-28(33)19-8-14-22(36-3)15-9-19/h4-15,23-25,29H,16H2,1-3H3/t23?,24-,25+,29?/m0/s1. The summed E-state index contributed by atoms with van der Waals surface area (Å²) in [6.45, 7) is -0.328. The van der Waals surface area contributed by atoms with Gasteiger partial charge in [0, 0.05) is 0 Å². The summed E-state index contributed by atoms with van der Waals surface area (Å²) in [5.41, 5.74) is 0.738. The highest BCUT2D eigenvalue weighted by atomic mass is 35.5. The minimum absolute atomic E-state index is 0.231. The van der Waals surface area contributed by atoms with Crippen molar-refractivity contribution in [2.75, 3.05) is 27.9 Å². The van der Waals surface area contributed by atoms with E-state index in [-0.39, 0.29) is 23.3 Å². The predicted octanol–water partition coefficient (Wildman–Crippen LogP) is 4.28. The summed E-state index contributed by atoms with van der Waals surface area (Å²) in [5.74, 6) is -0.355. The van der Waals surface area contributed by atoms with Crippen molar-refractivity contribution >= 4 is 29.5 Å². The van der Waals surface area contributed by atoms with E-state index in [4.69, 9.17) is 44.8 Å². The first-order valence-corrected chi connectivity index (χ1v) is 12.6. The zero-order chi connectivity index (χ0) is 28.6. The van der Waals surface area contributed by atoms with Crippen LogP contribution in [0.1, 0.15) is 31.1 Å². The fourth-order valence-corrected chi connectivity index (χ4v) is 4.16. The van der Waals surface area contributed by atoms with E-state index in [1.165, 1.54) is 45.6 Å². The van der Waals surface area contributed by atoms with Crippen LogP contribution in [0, 0.1) is 0 Å². The third-order valence-electron chi connectivity index (χ3n) is 6.07. The summed E-state index contributed by atoms with van der Waals surface area (Å²) in [5, 5.41) is -1.10. The molecular formula is C29H27ClO10. The molecular weight excluding hydrogens is 544 g/mol. The normalized spacial score (nSPS) is 19.8. The molecule has 11 heteroatoms. The number of halogens is 1. The van der Waals surface area contributed by atoms with Crippen molar-refractivity contribution in [2.45, 2.75) is 23.9 Å². The molecule has 1 heterocycles. The van der Waals surface area contributed by atoms with Crippen molar-refractivity contribution in [3.63, 3.8) is 0 Å². The first kappa shape index (κ1) is 28.7. The van der Waals surface area contributed by atoms with Gasteiger partial charge in [0.2, 0.25) is 6.29 Å². The van der Waals surface area contributed by atoms with E-state index in [2.05, 4.69) is 0 Å². The van der Waals surface area contributed by atoms with Crippen LogP contribution in [0.3, 0.4) is 0 Å². The maximum Gasteiger partial charge on any atom is 0.340 e. The Labute approximate surface area is 235 Å². The molecule has 0 amide bonds. The van der Waals surface area contributed by atoms with Crippen LogP contribution in [-0.2, 0) is 18.9 Å². The third kappa shape index (κ3) is 6.83. The predicted molar refractivity (Wildman–Crippen MR) is 142 cm³/mol. The van der Waals surface area contributed by atoms with E-state index in [0.29, 0.717) is 17.2 Å². The van der Waals surface area contributed by atoms with Crippen LogP contribution in [0.5, 0.6) is 17.2 Å². The van der Waals surface area contributed by atoms with Gasteiger partial charge in [0.15, 0.2) is 6.10 Å². The molecule has 0 aromatic heterocycles. The lowest BCUT2D eigenvalue weighted by Crippen LogP contribution is -2.37. The Balaban J connectivity index is 1.48. The quantitative estimate of drug-likeness (QED) is 0.199. The van der Waals surface area contributed by atoms with Gasteiger partial charge in [-0.15, -0.1) is 11.6 Å². The molecule has 4 rings (SSSR count). The smallest absolute Gasteiger partial charge is 0.340 e. The van der Waals surface area contributed by atoms with Crippen LogP contribution in [0.4, 0.5) is 0 Å². The molecule has 1 aliphatic heterocycles. The summed E-state index contributed by atoms with van der Waals surface area (Å²) < 4.78 is 37.7. The van der Waals surface area contributed by atoms with Crippen molar-refractivity contribution in [1.29, 1.82) is 0 Å². The summed E-state index contributed by atoms with van der Waals surface area (Å²) >= 11 is 6.59. The first-order valence-electron chi connectivity index (χ1n) is 12.1. The Hall–Kier alpha value is -4.28. The van der Waals surface area contributed by atoms with Gasteiger partial charge in [-0.1, -0.05) is 0 Å². The molecule has 0 radical (unpaired) electrons. The molecule has 0 bridgehead atoms. The molecule has 0 spiro atoms. The maximum absolute atomic E-state index is 12.9. The number of hydrogen-bond donors (Lipinski definition) is 0. The zero-order valence-electron chi connectivity index (χ0n) is 21.9. The lowest BCUT2D eigenvalue weighted by Gasteiger charge is -2.20. The summed E-state index contributed by atoms with van der Waals surface area (Å²) in [7, 11) is 4.53. The molecule has 210 valence electrons. The second kappa shape index (κ2) is 13.2. The Morgan fingerprint density at radius 3 is 1.48 bits per heavy atom. The lowest BCUT2D eigenvalue weighted by molar-refractivity contribution is -0.117. The number of ether oxygens (including phenoxy) is 7. The number of carbonyl (C=O) groups is 3. The molecule has 10 nitrogen and oxygen atoms in total. The SMILES string of the molecule is COc1ccc(C(=O)OCC2OC(OC(=O)c3ccc(OC)cc3)[C@@H](Cl)[C@@H]2OC(=O)c2ccc(OC)cc2)cc1. The largest absolute Gasteiger partial charge is 0.497 e. The fraction of sp³-hybridized carbons (Fsp3) is 0.276. The van der Waals surface area contributed by atoms with Gasteiger partial charge in [0.1, 0.15) is 35.3 Å². The van der Waals surface area contributed by atoms with Gasteiger partial charge in [-0.2, -0.15) is 0 Å². The van der Waals surface area contributed by atoms with Crippen LogP contribution in [0.2, 0.25) is 0 Å². The molecule has 3 aromatic rings. The summed E-state index contributed by atoms with van der Waals surface area (Å²) in [4.78, 5) is 38.3. The number of alkyl halides is 1. The molecule has 1 fully saturated rings. The number of carbonyl (C=O) groups excluding carboxylic acids is 3. The zero-order valence-corrected chi connectivity index (χ0v) is 22.7. The highest BCUT2D eigenvalue weighted by molar-refractivity contribution is 6.21. The van der Waals surface area contributed by atoms with Crippen LogP contribution in [0.25, 0.3) is 0 Å². The van der Waals surface area contributed by atoms with Gasteiger partial charge in [-0.3, -0.25) is 0 Å². The number of esters is 3. The van der Waals surface area contributed by atoms with E-state index in [9.17, 15) is 14.4 Å². The fourth-order valence-electron chi connectivity index (χ4n) is 3.84. The van der Waals surface area contributed by atoms with Crippen LogP contribution < -0.4 is 14.2 Å². The molecule has 4 atom stereocenters. The molecule has 0 aliphatic carbocycles. The van der Waals surface area contributed by atoms with Crippen LogP contribution >= 0.6 is 11.6 Å². The van der Waals surface area contributed by atoms with E-state index in [1.54, 1.807) is 48.5 Å². The average molecular weight is 571 g/mol. The van der Waals surface area contributed by atoms with Crippen LogP contribution in [-0.4, -0.2) is 69.7 Å². The van der Waals surface area contributed by atoms with Crippen LogP contribution in [0.15, 0.2) is 72.8 Å². The molecule has 2 unspecified atom stereocenters.